The van der Waals surface area contributed by atoms with Crippen molar-refractivity contribution in [3.63, 3.8) is 0 Å². The Morgan fingerprint density at radius 3 is 2.47 bits per heavy atom. The lowest BCUT2D eigenvalue weighted by Gasteiger charge is -2.23. The van der Waals surface area contributed by atoms with Crippen LogP contribution >= 0.6 is 15.9 Å². The Labute approximate surface area is 123 Å². The molecule has 0 aromatic heterocycles. The molecular formula is C15H22BrNO2. The Kier molecular flexibility index (Phi) is 5.11. The number of benzene rings is 1. The molecule has 1 heterocycles. The Hall–Kier alpha value is -0.740. The van der Waals surface area contributed by atoms with E-state index >= 15 is 0 Å². The van der Waals surface area contributed by atoms with Gasteiger partial charge in [-0.1, -0.05) is 42.6 Å². The molecule has 106 valence electrons. The highest BCUT2D eigenvalue weighted by molar-refractivity contribution is 9.10. The molecule has 19 heavy (non-hydrogen) atoms. The molecule has 4 heteroatoms. The van der Waals surface area contributed by atoms with E-state index in [2.05, 4.69) is 48.1 Å². The average Bonchev–Trinajstić information content (AvgIpc) is 2.84. The third-order valence-corrected chi connectivity index (χ3v) is 4.65. The number of fused-ring (bicyclic) bond motifs is 1. The lowest BCUT2D eigenvalue weighted by molar-refractivity contribution is 0.174. The van der Waals surface area contributed by atoms with Crippen LogP contribution in [0.4, 0.5) is 0 Å². The van der Waals surface area contributed by atoms with Crippen molar-refractivity contribution in [2.45, 2.75) is 46.2 Å². The summed E-state index contributed by atoms with van der Waals surface area (Å²) < 4.78 is 11.9. The largest absolute Gasteiger partial charge is 0.454 e. The maximum atomic E-state index is 5.42. The molecule has 0 amide bonds. The minimum atomic E-state index is 0.322. The molecule has 0 radical (unpaired) electrons. The standard InChI is InChI=1S/C15H22BrNO2/c1-4-11(5-2)10(3)17-8-12-6-14-15(7-13(12)16)19-9-18-14/h6-7,10-11,17H,4-5,8-9H2,1-3H3. The van der Waals surface area contributed by atoms with Crippen molar-refractivity contribution in [3.05, 3.63) is 22.2 Å². The van der Waals surface area contributed by atoms with Crippen LogP contribution in [0.15, 0.2) is 16.6 Å². The first-order valence-electron chi connectivity index (χ1n) is 6.97. The fourth-order valence-electron chi connectivity index (χ4n) is 2.53. The number of hydrogen-bond acceptors (Lipinski definition) is 3. The molecule has 0 bridgehead atoms. The van der Waals surface area contributed by atoms with Gasteiger partial charge in [0.1, 0.15) is 0 Å². The predicted molar refractivity (Wildman–Crippen MR) is 80.6 cm³/mol. The Bertz CT molecular complexity index is 432. The van der Waals surface area contributed by atoms with E-state index in [1.807, 2.05) is 6.07 Å². The van der Waals surface area contributed by atoms with Crippen molar-refractivity contribution in [3.8, 4) is 11.5 Å². The second-order valence-electron chi connectivity index (χ2n) is 5.04. The quantitative estimate of drug-likeness (QED) is 0.853. The number of rotatable bonds is 6. The topological polar surface area (TPSA) is 30.5 Å². The molecule has 0 saturated carbocycles. The number of nitrogens with one attached hydrogen (secondary N) is 1. The van der Waals surface area contributed by atoms with E-state index in [1.54, 1.807) is 0 Å². The van der Waals surface area contributed by atoms with Crippen LogP contribution in [0.25, 0.3) is 0 Å². The van der Waals surface area contributed by atoms with Gasteiger partial charge in [-0.05, 0) is 30.5 Å². The maximum absolute atomic E-state index is 5.42. The third kappa shape index (κ3) is 3.42. The van der Waals surface area contributed by atoms with Crippen LogP contribution in [0.2, 0.25) is 0 Å². The number of ether oxygens (including phenoxy) is 2. The molecule has 1 N–H and O–H groups in total. The summed E-state index contributed by atoms with van der Waals surface area (Å²) in [6.45, 7) is 7.93. The summed E-state index contributed by atoms with van der Waals surface area (Å²) >= 11 is 3.60. The van der Waals surface area contributed by atoms with Gasteiger partial charge in [-0.2, -0.15) is 0 Å². The normalized spacial score (nSPS) is 15.0. The second-order valence-corrected chi connectivity index (χ2v) is 5.90. The Morgan fingerprint density at radius 2 is 1.84 bits per heavy atom. The summed E-state index contributed by atoms with van der Waals surface area (Å²) in [4.78, 5) is 0. The highest BCUT2D eigenvalue weighted by atomic mass is 79.9. The molecular weight excluding hydrogens is 306 g/mol. The highest BCUT2D eigenvalue weighted by Gasteiger charge is 2.17. The lowest BCUT2D eigenvalue weighted by Crippen LogP contribution is -2.32. The van der Waals surface area contributed by atoms with E-state index in [-0.39, 0.29) is 0 Å². The molecule has 1 atom stereocenters. The molecule has 0 fully saturated rings. The van der Waals surface area contributed by atoms with Crippen LogP contribution in [-0.4, -0.2) is 12.8 Å². The summed E-state index contributed by atoms with van der Waals surface area (Å²) in [6, 6.07) is 4.56. The van der Waals surface area contributed by atoms with Crippen LogP contribution in [0.1, 0.15) is 39.2 Å². The lowest BCUT2D eigenvalue weighted by atomic mass is 9.95. The van der Waals surface area contributed by atoms with E-state index in [0.717, 1.165) is 28.4 Å². The van der Waals surface area contributed by atoms with E-state index in [4.69, 9.17) is 9.47 Å². The highest BCUT2D eigenvalue weighted by Crippen LogP contribution is 2.36. The van der Waals surface area contributed by atoms with Gasteiger partial charge in [0.05, 0.1) is 0 Å². The molecule has 1 aliphatic heterocycles. The van der Waals surface area contributed by atoms with Gasteiger partial charge < -0.3 is 14.8 Å². The van der Waals surface area contributed by atoms with Crippen molar-refractivity contribution in [2.24, 2.45) is 5.92 Å². The average molecular weight is 328 g/mol. The summed E-state index contributed by atoms with van der Waals surface area (Å²) in [6.07, 6.45) is 2.43. The first-order chi connectivity index (χ1) is 9.15. The van der Waals surface area contributed by atoms with Crippen molar-refractivity contribution in [2.75, 3.05) is 6.79 Å². The molecule has 1 aromatic rings. The van der Waals surface area contributed by atoms with Gasteiger partial charge in [0.25, 0.3) is 0 Å². The van der Waals surface area contributed by atoms with Gasteiger partial charge in [0.2, 0.25) is 6.79 Å². The first kappa shape index (κ1) is 14.7. The smallest absolute Gasteiger partial charge is 0.231 e. The van der Waals surface area contributed by atoms with Crippen LogP contribution in [0.3, 0.4) is 0 Å². The van der Waals surface area contributed by atoms with E-state index in [1.165, 1.54) is 18.4 Å². The van der Waals surface area contributed by atoms with Crippen LogP contribution < -0.4 is 14.8 Å². The zero-order chi connectivity index (χ0) is 13.8. The van der Waals surface area contributed by atoms with E-state index in [0.29, 0.717) is 12.8 Å². The minimum absolute atomic E-state index is 0.322. The summed E-state index contributed by atoms with van der Waals surface area (Å²) in [5.74, 6) is 2.40. The minimum Gasteiger partial charge on any atom is -0.454 e. The van der Waals surface area contributed by atoms with Crippen molar-refractivity contribution < 1.29 is 9.47 Å². The van der Waals surface area contributed by atoms with Gasteiger partial charge >= 0.3 is 0 Å². The summed E-state index contributed by atoms with van der Waals surface area (Å²) in [5, 5.41) is 3.61. The van der Waals surface area contributed by atoms with Gasteiger partial charge in [-0.25, -0.2) is 0 Å². The number of halogens is 1. The molecule has 0 spiro atoms. The first-order valence-corrected chi connectivity index (χ1v) is 7.76. The molecule has 3 nitrogen and oxygen atoms in total. The Morgan fingerprint density at radius 1 is 1.21 bits per heavy atom. The van der Waals surface area contributed by atoms with Gasteiger partial charge in [-0.3, -0.25) is 0 Å². The zero-order valence-corrected chi connectivity index (χ0v) is 13.4. The summed E-state index contributed by atoms with van der Waals surface area (Å²) in [5.41, 5.74) is 1.21. The zero-order valence-electron chi connectivity index (χ0n) is 11.8. The molecule has 0 aliphatic carbocycles. The fourth-order valence-corrected chi connectivity index (χ4v) is 2.99. The third-order valence-electron chi connectivity index (χ3n) is 3.91. The van der Waals surface area contributed by atoms with E-state index < -0.39 is 0 Å². The fraction of sp³-hybridized carbons (Fsp3) is 0.600. The summed E-state index contributed by atoms with van der Waals surface area (Å²) in [7, 11) is 0. The molecule has 2 rings (SSSR count). The van der Waals surface area contributed by atoms with Crippen molar-refractivity contribution >= 4 is 15.9 Å². The van der Waals surface area contributed by atoms with Crippen LogP contribution in [0.5, 0.6) is 11.5 Å². The van der Waals surface area contributed by atoms with Gasteiger partial charge in [0.15, 0.2) is 11.5 Å². The molecule has 1 aliphatic rings. The SMILES string of the molecule is CCC(CC)C(C)NCc1cc2c(cc1Br)OCO2. The van der Waals surface area contributed by atoms with Crippen molar-refractivity contribution in [1.82, 2.24) is 5.32 Å². The molecule has 1 unspecified atom stereocenters. The predicted octanol–water partition coefficient (Wildman–Crippen LogP) is 4.09. The van der Waals surface area contributed by atoms with E-state index in [9.17, 15) is 0 Å². The van der Waals surface area contributed by atoms with Crippen LogP contribution in [0, 0.1) is 5.92 Å². The van der Waals surface area contributed by atoms with Crippen LogP contribution in [-0.2, 0) is 6.54 Å². The second kappa shape index (κ2) is 6.62. The number of hydrogen-bond donors (Lipinski definition) is 1. The van der Waals surface area contributed by atoms with Crippen molar-refractivity contribution in [1.29, 1.82) is 0 Å². The van der Waals surface area contributed by atoms with Gasteiger partial charge in [-0.15, -0.1) is 0 Å². The van der Waals surface area contributed by atoms with Gasteiger partial charge in [0, 0.05) is 17.1 Å². The maximum Gasteiger partial charge on any atom is 0.231 e. The monoisotopic (exact) mass is 327 g/mol. The molecule has 1 aromatic carbocycles. The Balaban J connectivity index is 2.00. The molecule has 0 saturated heterocycles.